The largest absolute Gasteiger partial charge is 0.417 e. The van der Waals surface area contributed by atoms with Gasteiger partial charge in [0.2, 0.25) is 0 Å². The summed E-state index contributed by atoms with van der Waals surface area (Å²) in [5, 5.41) is 0. The molecule has 0 radical (unpaired) electrons. The molecule has 1 saturated heterocycles. The van der Waals surface area contributed by atoms with Crippen LogP contribution in [0.1, 0.15) is 11.1 Å². The summed E-state index contributed by atoms with van der Waals surface area (Å²) in [6, 6.07) is 4.61. The van der Waals surface area contributed by atoms with E-state index in [1.165, 1.54) is 12.1 Å². The number of pyridine rings is 2. The lowest BCUT2D eigenvalue weighted by molar-refractivity contribution is -0.138. The first-order valence-corrected chi connectivity index (χ1v) is 12.0. The first kappa shape index (κ1) is 29.9. The van der Waals surface area contributed by atoms with Crippen molar-refractivity contribution in [2.75, 3.05) is 88.8 Å². The van der Waals surface area contributed by atoms with E-state index in [4.69, 9.17) is 18.9 Å². The van der Waals surface area contributed by atoms with Crippen LogP contribution in [0, 0.1) is 0 Å². The topological polar surface area (TPSA) is 69.2 Å². The predicted molar refractivity (Wildman–Crippen MR) is 126 cm³/mol. The fourth-order valence-corrected chi connectivity index (χ4v) is 3.51. The Kier molecular flexibility index (Phi) is 11.4. The third-order valence-electron chi connectivity index (χ3n) is 5.56. The molecule has 1 aliphatic heterocycles. The Labute approximate surface area is 216 Å². The minimum absolute atomic E-state index is 0.284. The number of hydrogen-bond acceptors (Lipinski definition) is 8. The summed E-state index contributed by atoms with van der Waals surface area (Å²) < 4.78 is 99.5. The molecule has 0 bridgehead atoms. The lowest BCUT2D eigenvalue weighted by atomic mass is 10.2. The highest BCUT2D eigenvalue weighted by molar-refractivity contribution is 5.40. The monoisotopic (exact) mass is 552 g/mol. The maximum atomic E-state index is 12.9. The van der Waals surface area contributed by atoms with Crippen molar-refractivity contribution >= 4 is 11.6 Å². The molecular formula is C24H30F6N4O4. The lowest BCUT2D eigenvalue weighted by Gasteiger charge is -2.25. The number of rotatable bonds is 2. The van der Waals surface area contributed by atoms with Gasteiger partial charge < -0.3 is 28.7 Å². The van der Waals surface area contributed by atoms with Crippen molar-refractivity contribution in [2.45, 2.75) is 12.4 Å². The summed E-state index contributed by atoms with van der Waals surface area (Å²) in [5.74, 6) is 0.758. The standard InChI is InChI=1S/C24H30F6N4O4/c25-23(26,27)19-1-3-21(31-17-19)33-5-9-35-13-15-37-11-7-34(8-12-38-16-14-36-10-6-33)22-4-2-20(18-32-22)24(28,29)30/h1-4,17-18H,5-16H2. The van der Waals surface area contributed by atoms with Crippen LogP contribution in [-0.4, -0.2) is 89.0 Å². The van der Waals surface area contributed by atoms with Crippen molar-refractivity contribution in [1.82, 2.24) is 9.97 Å². The Morgan fingerprint density at radius 3 is 1.05 bits per heavy atom. The van der Waals surface area contributed by atoms with Gasteiger partial charge in [0.1, 0.15) is 11.6 Å². The highest BCUT2D eigenvalue weighted by Crippen LogP contribution is 2.30. The normalized spacial score (nSPS) is 18.6. The second kappa shape index (κ2) is 14.5. The molecule has 1 aliphatic rings. The molecule has 0 N–H and O–H groups in total. The highest BCUT2D eigenvalue weighted by atomic mass is 19.4. The highest BCUT2D eigenvalue weighted by Gasteiger charge is 2.31. The second-order valence-corrected chi connectivity index (χ2v) is 8.23. The van der Waals surface area contributed by atoms with Crippen LogP contribution in [0.5, 0.6) is 0 Å². The van der Waals surface area contributed by atoms with Gasteiger partial charge in [-0.3, -0.25) is 0 Å². The van der Waals surface area contributed by atoms with Gasteiger partial charge in [-0.05, 0) is 24.3 Å². The molecule has 0 aliphatic carbocycles. The smallest absolute Gasteiger partial charge is 0.377 e. The fourth-order valence-electron chi connectivity index (χ4n) is 3.51. The number of nitrogens with zero attached hydrogens (tertiary/aromatic N) is 4. The number of aromatic nitrogens is 2. The van der Waals surface area contributed by atoms with Gasteiger partial charge in [-0.25, -0.2) is 9.97 Å². The van der Waals surface area contributed by atoms with E-state index in [-0.39, 0.29) is 52.9 Å². The number of alkyl halides is 6. The van der Waals surface area contributed by atoms with Crippen LogP contribution >= 0.6 is 0 Å². The first-order chi connectivity index (χ1) is 18.1. The average Bonchev–Trinajstić information content (AvgIpc) is 2.88. The third-order valence-corrected chi connectivity index (χ3v) is 5.56. The van der Waals surface area contributed by atoms with E-state index in [2.05, 4.69) is 9.97 Å². The number of halogens is 6. The molecule has 38 heavy (non-hydrogen) atoms. The summed E-state index contributed by atoms with van der Waals surface area (Å²) in [7, 11) is 0. The van der Waals surface area contributed by atoms with Crippen LogP contribution in [-0.2, 0) is 31.3 Å². The Morgan fingerprint density at radius 2 is 0.816 bits per heavy atom. The van der Waals surface area contributed by atoms with Gasteiger partial charge in [0, 0.05) is 38.6 Å². The molecule has 0 unspecified atom stereocenters. The molecule has 0 saturated carbocycles. The van der Waals surface area contributed by atoms with E-state index in [0.29, 0.717) is 37.8 Å². The van der Waals surface area contributed by atoms with E-state index in [1.807, 2.05) is 0 Å². The minimum Gasteiger partial charge on any atom is -0.377 e. The van der Waals surface area contributed by atoms with Crippen LogP contribution in [0.25, 0.3) is 0 Å². The zero-order chi connectivity index (χ0) is 27.4. The van der Waals surface area contributed by atoms with Gasteiger partial charge in [0.15, 0.2) is 0 Å². The lowest BCUT2D eigenvalue weighted by Crippen LogP contribution is -2.33. The second-order valence-electron chi connectivity index (χ2n) is 8.23. The van der Waals surface area contributed by atoms with Crippen LogP contribution in [0.15, 0.2) is 36.7 Å². The molecule has 212 valence electrons. The van der Waals surface area contributed by atoms with Crippen molar-refractivity contribution in [3.63, 3.8) is 0 Å². The average molecular weight is 553 g/mol. The number of ether oxygens (including phenoxy) is 4. The predicted octanol–water partition coefficient (Wildman–Crippen LogP) is 3.91. The van der Waals surface area contributed by atoms with Gasteiger partial charge in [-0.1, -0.05) is 0 Å². The molecule has 0 atom stereocenters. The number of hydrogen-bond donors (Lipinski definition) is 0. The van der Waals surface area contributed by atoms with E-state index in [0.717, 1.165) is 24.5 Å². The van der Waals surface area contributed by atoms with Crippen LogP contribution < -0.4 is 9.80 Å². The van der Waals surface area contributed by atoms with E-state index >= 15 is 0 Å². The van der Waals surface area contributed by atoms with E-state index < -0.39 is 23.5 Å². The number of anilines is 2. The first-order valence-electron chi connectivity index (χ1n) is 12.0. The molecule has 1 fully saturated rings. The molecule has 3 rings (SSSR count). The maximum Gasteiger partial charge on any atom is 0.417 e. The molecule has 2 aromatic rings. The Morgan fingerprint density at radius 1 is 0.500 bits per heavy atom. The van der Waals surface area contributed by atoms with E-state index in [1.54, 1.807) is 9.80 Å². The van der Waals surface area contributed by atoms with E-state index in [9.17, 15) is 26.3 Å². The van der Waals surface area contributed by atoms with Gasteiger partial charge in [0.25, 0.3) is 0 Å². The zero-order valence-electron chi connectivity index (χ0n) is 20.6. The Bertz CT molecular complexity index is 847. The SMILES string of the molecule is FC(F)(F)c1ccc(N2CCOCCOCCN(c3ccc(C(F)(F)F)cn3)CCOCCOCC2)nc1. The molecule has 3 heterocycles. The zero-order valence-corrected chi connectivity index (χ0v) is 20.6. The van der Waals surface area contributed by atoms with Gasteiger partial charge in [-0.2, -0.15) is 26.3 Å². The molecule has 14 heteroatoms. The Balaban J connectivity index is 1.53. The quantitative estimate of drug-likeness (QED) is 0.520. The van der Waals surface area contributed by atoms with Crippen molar-refractivity contribution in [3.05, 3.63) is 47.8 Å². The van der Waals surface area contributed by atoms with Crippen LogP contribution in [0.2, 0.25) is 0 Å². The molecular weight excluding hydrogens is 522 g/mol. The fraction of sp³-hybridized carbons (Fsp3) is 0.583. The summed E-state index contributed by atoms with van der Waals surface area (Å²) in [6.07, 6.45) is -7.33. The van der Waals surface area contributed by atoms with Crippen molar-refractivity contribution in [2.24, 2.45) is 0 Å². The summed E-state index contributed by atoms with van der Waals surface area (Å²) in [6.45, 7) is 3.81. The van der Waals surface area contributed by atoms with Crippen molar-refractivity contribution < 1.29 is 45.3 Å². The minimum atomic E-state index is -4.46. The summed E-state index contributed by atoms with van der Waals surface area (Å²) in [5.41, 5.74) is -1.64. The third kappa shape index (κ3) is 9.89. The summed E-state index contributed by atoms with van der Waals surface area (Å²) >= 11 is 0. The Hall–Kier alpha value is -2.68. The molecule has 8 nitrogen and oxygen atoms in total. The molecule has 0 spiro atoms. The molecule has 2 aromatic heterocycles. The van der Waals surface area contributed by atoms with Gasteiger partial charge >= 0.3 is 12.4 Å². The van der Waals surface area contributed by atoms with Crippen LogP contribution in [0.4, 0.5) is 38.0 Å². The van der Waals surface area contributed by atoms with Gasteiger partial charge in [-0.15, -0.1) is 0 Å². The van der Waals surface area contributed by atoms with Crippen molar-refractivity contribution in [1.29, 1.82) is 0 Å². The molecule has 0 aromatic carbocycles. The van der Waals surface area contributed by atoms with Crippen molar-refractivity contribution in [3.8, 4) is 0 Å². The summed E-state index contributed by atoms with van der Waals surface area (Å²) in [4.78, 5) is 11.5. The van der Waals surface area contributed by atoms with Gasteiger partial charge in [0.05, 0.1) is 64.0 Å². The van der Waals surface area contributed by atoms with Crippen LogP contribution in [0.3, 0.4) is 0 Å². The maximum absolute atomic E-state index is 12.9. The molecule has 0 amide bonds.